The van der Waals surface area contributed by atoms with E-state index in [1.165, 1.54) is 6.08 Å². The number of halogens is 1. The van der Waals surface area contributed by atoms with Crippen molar-refractivity contribution in [1.82, 2.24) is 10.2 Å². The summed E-state index contributed by atoms with van der Waals surface area (Å²) >= 11 is 3.35. The van der Waals surface area contributed by atoms with E-state index in [4.69, 9.17) is 9.52 Å². The molecule has 1 aliphatic rings. The molecule has 2 heterocycles. The molecule has 0 aliphatic carbocycles. The molecule has 3 amide bonds. The predicted octanol–water partition coefficient (Wildman–Crippen LogP) is 2.69. The first kappa shape index (κ1) is 16.0. The van der Waals surface area contributed by atoms with Crippen LogP contribution in [0.15, 0.2) is 51.0 Å². The monoisotopic (exact) mass is 390 g/mol. The third-order valence-corrected chi connectivity index (χ3v) is 3.83. The molecule has 0 atom stereocenters. The summed E-state index contributed by atoms with van der Waals surface area (Å²) < 4.78 is 6.58. The quantitative estimate of drug-likeness (QED) is 0.617. The lowest BCUT2D eigenvalue weighted by molar-refractivity contribution is -0.140. The zero-order chi connectivity index (χ0) is 17.3. The molecule has 1 aromatic heterocycles. The number of urea groups is 1. The number of carboxylic acids is 1. The lowest BCUT2D eigenvalue weighted by atomic mass is 10.2. The van der Waals surface area contributed by atoms with E-state index in [0.717, 1.165) is 10.0 Å². The largest absolute Gasteiger partial charge is 0.480 e. The van der Waals surface area contributed by atoms with Crippen molar-refractivity contribution in [3.8, 4) is 11.3 Å². The Morgan fingerprint density at radius 1 is 1.21 bits per heavy atom. The van der Waals surface area contributed by atoms with E-state index < -0.39 is 24.5 Å². The molecule has 1 aromatic carbocycles. The summed E-state index contributed by atoms with van der Waals surface area (Å²) in [5.41, 5.74) is 0.829. The average Bonchev–Trinajstić information content (AvgIpc) is 3.09. The molecular formula is C16H11BrN2O5. The number of hydrogen-bond donors (Lipinski definition) is 2. The van der Waals surface area contributed by atoms with Crippen LogP contribution in [-0.4, -0.2) is 34.5 Å². The van der Waals surface area contributed by atoms with Crippen molar-refractivity contribution in [2.45, 2.75) is 0 Å². The number of benzene rings is 1. The second-order valence-electron chi connectivity index (χ2n) is 4.98. The van der Waals surface area contributed by atoms with Gasteiger partial charge in [0.25, 0.3) is 5.91 Å². The number of aliphatic carboxylic acids is 1. The molecule has 24 heavy (non-hydrogen) atoms. The minimum absolute atomic E-state index is 0.0297. The fourth-order valence-corrected chi connectivity index (χ4v) is 2.46. The van der Waals surface area contributed by atoms with Crippen LogP contribution in [-0.2, 0) is 9.59 Å². The summed E-state index contributed by atoms with van der Waals surface area (Å²) in [5.74, 6) is -0.999. The van der Waals surface area contributed by atoms with Gasteiger partial charge in [-0.3, -0.25) is 9.59 Å². The maximum atomic E-state index is 12.0. The highest BCUT2D eigenvalue weighted by Gasteiger charge is 2.35. The topological polar surface area (TPSA) is 99.8 Å². The van der Waals surface area contributed by atoms with Crippen LogP contribution < -0.4 is 5.32 Å². The van der Waals surface area contributed by atoms with Crippen molar-refractivity contribution in [3.63, 3.8) is 0 Å². The van der Waals surface area contributed by atoms with Crippen molar-refractivity contribution < 1.29 is 23.9 Å². The molecule has 0 bridgehead atoms. The van der Waals surface area contributed by atoms with Gasteiger partial charge in [-0.1, -0.05) is 28.1 Å². The van der Waals surface area contributed by atoms with Crippen molar-refractivity contribution in [2.75, 3.05) is 6.54 Å². The predicted molar refractivity (Wildman–Crippen MR) is 87.7 cm³/mol. The van der Waals surface area contributed by atoms with Gasteiger partial charge in [-0.2, -0.15) is 0 Å². The van der Waals surface area contributed by atoms with Gasteiger partial charge in [0.2, 0.25) is 0 Å². The summed E-state index contributed by atoms with van der Waals surface area (Å²) in [6.45, 7) is -0.690. The Morgan fingerprint density at radius 3 is 2.58 bits per heavy atom. The molecule has 1 aliphatic heterocycles. The smallest absolute Gasteiger partial charge is 0.329 e. The van der Waals surface area contributed by atoms with Gasteiger partial charge in [0.15, 0.2) is 0 Å². The zero-order valence-corrected chi connectivity index (χ0v) is 13.7. The first-order valence-corrected chi connectivity index (χ1v) is 7.65. The highest BCUT2D eigenvalue weighted by molar-refractivity contribution is 9.10. The molecule has 1 saturated heterocycles. The second-order valence-corrected chi connectivity index (χ2v) is 5.90. The Labute approximate surface area is 144 Å². The van der Waals surface area contributed by atoms with Gasteiger partial charge in [0.1, 0.15) is 23.8 Å². The van der Waals surface area contributed by atoms with Gasteiger partial charge in [-0.15, -0.1) is 0 Å². The summed E-state index contributed by atoms with van der Waals surface area (Å²) in [6.07, 6.45) is 1.37. The molecule has 122 valence electrons. The van der Waals surface area contributed by atoms with Gasteiger partial charge in [-0.25, -0.2) is 9.69 Å². The summed E-state index contributed by atoms with van der Waals surface area (Å²) in [6, 6.07) is 10.1. The molecule has 0 saturated carbocycles. The average molecular weight is 391 g/mol. The van der Waals surface area contributed by atoms with E-state index in [0.29, 0.717) is 16.4 Å². The van der Waals surface area contributed by atoms with Crippen molar-refractivity contribution in [2.24, 2.45) is 0 Å². The standard InChI is InChI=1S/C16H11BrN2O5/c17-10-3-1-9(2-4-10)13-6-5-11(24-13)7-12-15(22)19(8-14(20)21)16(23)18-12/h1-7H,8H2,(H,18,23)(H,20,21)/b12-7-. The van der Waals surface area contributed by atoms with Crippen LogP contribution in [0.2, 0.25) is 0 Å². The Morgan fingerprint density at radius 2 is 1.92 bits per heavy atom. The van der Waals surface area contributed by atoms with Gasteiger partial charge < -0.3 is 14.8 Å². The van der Waals surface area contributed by atoms with Gasteiger partial charge in [-0.05, 0) is 24.3 Å². The van der Waals surface area contributed by atoms with E-state index in [9.17, 15) is 14.4 Å². The first-order chi connectivity index (χ1) is 11.4. The van der Waals surface area contributed by atoms with Crippen LogP contribution in [0.1, 0.15) is 5.76 Å². The molecule has 3 rings (SSSR count). The summed E-state index contributed by atoms with van der Waals surface area (Å²) in [5, 5.41) is 11.1. The Balaban J connectivity index is 1.82. The van der Waals surface area contributed by atoms with Crippen LogP contribution in [0.5, 0.6) is 0 Å². The summed E-state index contributed by atoms with van der Waals surface area (Å²) in [4.78, 5) is 35.0. The third kappa shape index (κ3) is 3.23. The number of amides is 3. The molecule has 0 radical (unpaired) electrons. The third-order valence-electron chi connectivity index (χ3n) is 3.30. The first-order valence-electron chi connectivity index (χ1n) is 6.86. The van der Waals surface area contributed by atoms with Gasteiger partial charge >= 0.3 is 12.0 Å². The lowest BCUT2D eigenvalue weighted by Gasteiger charge is -2.06. The second kappa shape index (κ2) is 6.32. The van der Waals surface area contributed by atoms with E-state index in [-0.39, 0.29) is 5.70 Å². The number of hydrogen-bond acceptors (Lipinski definition) is 4. The molecule has 8 heteroatoms. The minimum Gasteiger partial charge on any atom is -0.480 e. The van der Waals surface area contributed by atoms with Gasteiger partial charge in [0, 0.05) is 16.1 Å². The number of furan rings is 1. The highest BCUT2D eigenvalue weighted by Crippen LogP contribution is 2.25. The van der Waals surface area contributed by atoms with E-state index >= 15 is 0 Å². The van der Waals surface area contributed by atoms with Crippen LogP contribution in [0.3, 0.4) is 0 Å². The number of nitrogens with one attached hydrogen (secondary N) is 1. The van der Waals surface area contributed by atoms with E-state index in [2.05, 4.69) is 21.2 Å². The van der Waals surface area contributed by atoms with Crippen molar-refractivity contribution in [3.05, 3.63) is 52.3 Å². The van der Waals surface area contributed by atoms with E-state index in [1.807, 2.05) is 24.3 Å². The molecular weight excluding hydrogens is 380 g/mol. The summed E-state index contributed by atoms with van der Waals surface area (Å²) in [7, 11) is 0. The zero-order valence-electron chi connectivity index (χ0n) is 12.2. The number of carbonyl (C=O) groups excluding carboxylic acids is 2. The Hall–Kier alpha value is -2.87. The molecule has 1 fully saturated rings. The molecule has 7 nitrogen and oxygen atoms in total. The van der Waals surface area contributed by atoms with Crippen molar-refractivity contribution in [1.29, 1.82) is 0 Å². The normalized spacial score (nSPS) is 15.9. The van der Waals surface area contributed by atoms with Crippen LogP contribution in [0.4, 0.5) is 4.79 Å². The number of rotatable bonds is 4. The van der Waals surface area contributed by atoms with Crippen molar-refractivity contribution >= 4 is 39.9 Å². The highest BCUT2D eigenvalue weighted by atomic mass is 79.9. The van der Waals surface area contributed by atoms with Crippen LogP contribution in [0, 0.1) is 0 Å². The fourth-order valence-electron chi connectivity index (χ4n) is 2.19. The Kier molecular flexibility index (Phi) is 4.22. The van der Waals surface area contributed by atoms with E-state index in [1.54, 1.807) is 12.1 Å². The minimum atomic E-state index is -1.27. The van der Waals surface area contributed by atoms with Gasteiger partial charge in [0.05, 0.1) is 0 Å². The number of imide groups is 1. The molecule has 0 unspecified atom stereocenters. The Bertz CT molecular complexity index is 854. The fraction of sp³-hybridized carbons (Fsp3) is 0.0625. The number of nitrogens with zero attached hydrogens (tertiary/aromatic N) is 1. The lowest BCUT2D eigenvalue weighted by Crippen LogP contribution is -2.35. The number of carbonyl (C=O) groups is 3. The molecule has 0 spiro atoms. The number of carboxylic acid groups (broad SMARTS) is 1. The SMILES string of the molecule is O=C(O)CN1C(=O)N/C(=C\c2ccc(-c3ccc(Br)cc3)o2)C1=O. The molecule has 2 N–H and O–H groups in total. The molecule has 2 aromatic rings. The maximum Gasteiger partial charge on any atom is 0.329 e. The van der Waals surface area contributed by atoms with Crippen LogP contribution >= 0.6 is 15.9 Å². The van der Waals surface area contributed by atoms with Crippen LogP contribution in [0.25, 0.3) is 17.4 Å². The maximum absolute atomic E-state index is 12.0.